The molecule has 1 nitrogen and oxygen atoms in total. The van der Waals surface area contributed by atoms with Crippen molar-refractivity contribution in [1.82, 2.24) is 5.32 Å². The van der Waals surface area contributed by atoms with Gasteiger partial charge in [-0.2, -0.15) is 13.2 Å². The van der Waals surface area contributed by atoms with Crippen molar-refractivity contribution in [2.45, 2.75) is 25.6 Å². The molecule has 0 heterocycles. The first kappa shape index (κ1) is 16.5. The second-order valence-corrected chi connectivity index (χ2v) is 5.03. The summed E-state index contributed by atoms with van der Waals surface area (Å²) in [6.07, 6.45) is -4.14. The highest BCUT2D eigenvalue weighted by atomic mass is 19.4. The lowest BCUT2D eigenvalue weighted by Crippen LogP contribution is -2.26. The van der Waals surface area contributed by atoms with Gasteiger partial charge in [-0.1, -0.05) is 37.3 Å². The Morgan fingerprint density at radius 1 is 1.05 bits per heavy atom. The van der Waals surface area contributed by atoms with Crippen LogP contribution in [0.5, 0.6) is 0 Å². The Hall–Kier alpha value is -1.88. The van der Waals surface area contributed by atoms with Gasteiger partial charge in [-0.05, 0) is 42.3 Å². The van der Waals surface area contributed by atoms with Crippen LogP contribution in [0.15, 0.2) is 48.5 Å². The fourth-order valence-electron chi connectivity index (χ4n) is 2.47. The minimum atomic E-state index is -4.51. The summed E-state index contributed by atoms with van der Waals surface area (Å²) in [5.74, 6) is -0.668. The number of nitrogens with one attached hydrogen (secondary N) is 1. The van der Waals surface area contributed by atoms with E-state index in [9.17, 15) is 17.6 Å². The highest BCUT2D eigenvalue weighted by molar-refractivity contribution is 5.34. The van der Waals surface area contributed by atoms with Crippen LogP contribution in [0.25, 0.3) is 0 Å². The molecule has 22 heavy (non-hydrogen) atoms. The number of alkyl halides is 3. The van der Waals surface area contributed by atoms with Gasteiger partial charge < -0.3 is 5.32 Å². The zero-order chi connectivity index (χ0) is 16.2. The van der Waals surface area contributed by atoms with Crippen LogP contribution < -0.4 is 5.32 Å². The molecular formula is C17H17F4N. The average Bonchev–Trinajstić information content (AvgIpc) is 2.46. The first-order valence-electron chi connectivity index (χ1n) is 7.05. The van der Waals surface area contributed by atoms with Crippen molar-refractivity contribution in [3.8, 4) is 0 Å². The highest BCUT2D eigenvalue weighted by Crippen LogP contribution is 2.36. The molecule has 0 radical (unpaired) electrons. The van der Waals surface area contributed by atoms with E-state index >= 15 is 0 Å². The zero-order valence-electron chi connectivity index (χ0n) is 12.1. The molecule has 0 fully saturated rings. The minimum absolute atomic E-state index is 0.0572. The van der Waals surface area contributed by atoms with Gasteiger partial charge in [0.1, 0.15) is 5.82 Å². The summed E-state index contributed by atoms with van der Waals surface area (Å²) in [5, 5.41) is 3.02. The molecule has 5 heteroatoms. The van der Waals surface area contributed by atoms with Crippen LogP contribution in [0, 0.1) is 5.82 Å². The summed E-state index contributed by atoms with van der Waals surface area (Å²) in [4.78, 5) is 0. The van der Waals surface area contributed by atoms with Gasteiger partial charge in [-0.3, -0.25) is 0 Å². The van der Waals surface area contributed by atoms with E-state index in [-0.39, 0.29) is 5.56 Å². The fraction of sp³-hybridized carbons (Fsp3) is 0.294. The highest BCUT2D eigenvalue weighted by Gasteiger charge is 2.35. The van der Waals surface area contributed by atoms with E-state index in [0.29, 0.717) is 13.0 Å². The molecule has 0 spiro atoms. The van der Waals surface area contributed by atoms with Crippen LogP contribution in [-0.2, 0) is 12.6 Å². The largest absolute Gasteiger partial charge is 0.416 e. The lowest BCUT2D eigenvalue weighted by molar-refractivity contribution is -0.138. The third-order valence-corrected chi connectivity index (χ3v) is 3.43. The van der Waals surface area contributed by atoms with Gasteiger partial charge in [0.25, 0.3) is 0 Å². The maximum Gasteiger partial charge on any atom is 0.416 e. The summed E-state index contributed by atoms with van der Waals surface area (Å²) >= 11 is 0. The average molecular weight is 311 g/mol. The molecule has 0 amide bonds. The Morgan fingerprint density at radius 3 is 2.32 bits per heavy atom. The van der Waals surface area contributed by atoms with Gasteiger partial charge >= 0.3 is 6.18 Å². The van der Waals surface area contributed by atoms with Crippen molar-refractivity contribution in [3.05, 3.63) is 71.0 Å². The molecule has 0 aliphatic carbocycles. The number of hydrogen-bond acceptors (Lipinski definition) is 1. The Kier molecular flexibility index (Phi) is 5.19. The van der Waals surface area contributed by atoms with Crippen LogP contribution in [0.1, 0.15) is 29.7 Å². The molecule has 2 rings (SSSR count). The lowest BCUT2D eigenvalue weighted by atomic mass is 9.94. The number of halogens is 4. The third kappa shape index (κ3) is 4.07. The molecule has 118 valence electrons. The summed E-state index contributed by atoms with van der Waals surface area (Å²) < 4.78 is 53.0. The van der Waals surface area contributed by atoms with Crippen LogP contribution in [0.2, 0.25) is 0 Å². The maximum absolute atomic E-state index is 13.5. The van der Waals surface area contributed by atoms with Crippen molar-refractivity contribution < 1.29 is 17.6 Å². The standard InChI is InChI=1S/C17H17F4N/c1-2-22-16(10-12-6-4-3-5-7-12)14-11-13(18)8-9-15(14)17(19,20)21/h3-9,11,16,22H,2,10H2,1H3. The molecule has 1 unspecified atom stereocenters. The molecule has 0 aliphatic rings. The molecule has 0 saturated carbocycles. The molecule has 0 bridgehead atoms. The Labute approximate surface area is 127 Å². The van der Waals surface area contributed by atoms with Gasteiger partial charge in [0.2, 0.25) is 0 Å². The van der Waals surface area contributed by atoms with E-state index in [4.69, 9.17) is 0 Å². The van der Waals surface area contributed by atoms with E-state index in [1.807, 2.05) is 37.3 Å². The third-order valence-electron chi connectivity index (χ3n) is 3.43. The van der Waals surface area contributed by atoms with Crippen molar-refractivity contribution in [2.24, 2.45) is 0 Å². The van der Waals surface area contributed by atoms with Gasteiger partial charge in [0, 0.05) is 6.04 Å². The Morgan fingerprint density at radius 2 is 1.73 bits per heavy atom. The molecule has 1 atom stereocenters. The zero-order valence-corrected chi connectivity index (χ0v) is 12.1. The van der Waals surface area contributed by atoms with Crippen molar-refractivity contribution >= 4 is 0 Å². The first-order valence-corrected chi connectivity index (χ1v) is 7.05. The molecule has 2 aromatic rings. The molecular weight excluding hydrogens is 294 g/mol. The Bertz CT molecular complexity index is 608. The normalized spacial score (nSPS) is 13.1. The molecule has 0 aliphatic heterocycles. The van der Waals surface area contributed by atoms with Gasteiger partial charge in [0.05, 0.1) is 5.56 Å². The summed E-state index contributed by atoms with van der Waals surface area (Å²) in [7, 11) is 0. The van der Waals surface area contributed by atoms with Crippen molar-refractivity contribution in [2.75, 3.05) is 6.54 Å². The van der Waals surface area contributed by atoms with Crippen LogP contribution in [-0.4, -0.2) is 6.54 Å². The smallest absolute Gasteiger partial charge is 0.310 e. The fourth-order valence-corrected chi connectivity index (χ4v) is 2.47. The second kappa shape index (κ2) is 6.92. The minimum Gasteiger partial charge on any atom is -0.310 e. The number of benzene rings is 2. The van der Waals surface area contributed by atoms with E-state index in [0.717, 1.165) is 23.8 Å². The summed E-state index contributed by atoms with van der Waals surface area (Å²) in [6.45, 7) is 2.30. The van der Waals surface area contributed by atoms with E-state index < -0.39 is 23.6 Å². The molecule has 0 saturated heterocycles. The van der Waals surface area contributed by atoms with Crippen LogP contribution in [0.3, 0.4) is 0 Å². The second-order valence-electron chi connectivity index (χ2n) is 5.03. The quantitative estimate of drug-likeness (QED) is 0.787. The molecule has 2 aromatic carbocycles. The molecule has 0 aromatic heterocycles. The first-order chi connectivity index (χ1) is 10.4. The maximum atomic E-state index is 13.5. The number of rotatable bonds is 5. The van der Waals surface area contributed by atoms with Crippen LogP contribution in [0.4, 0.5) is 17.6 Å². The van der Waals surface area contributed by atoms with E-state index in [1.165, 1.54) is 0 Å². The van der Waals surface area contributed by atoms with E-state index in [2.05, 4.69) is 5.32 Å². The van der Waals surface area contributed by atoms with Crippen LogP contribution >= 0.6 is 0 Å². The number of hydrogen-bond donors (Lipinski definition) is 1. The number of likely N-dealkylation sites (N-methyl/N-ethyl adjacent to an activating group) is 1. The summed E-state index contributed by atoms with van der Waals surface area (Å²) in [6, 6.07) is 11.2. The van der Waals surface area contributed by atoms with Crippen molar-refractivity contribution in [1.29, 1.82) is 0 Å². The van der Waals surface area contributed by atoms with Gasteiger partial charge in [0.15, 0.2) is 0 Å². The van der Waals surface area contributed by atoms with Gasteiger partial charge in [-0.25, -0.2) is 4.39 Å². The monoisotopic (exact) mass is 311 g/mol. The van der Waals surface area contributed by atoms with Gasteiger partial charge in [-0.15, -0.1) is 0 Å². The predicted molar refractivity (Wildman–Crippen MR) is 78.0 cm³/mol. The molecule has 1 N–H and O–H groups in total. The van der Waals surface area contributed by atoms with Crippen molar-refractivity contribution in [3.63, 3.8) is 0 Å². The predicted octanol–water partition coefficient (Wildman–Crippen LogP) is 4.74. The summed E-state index contributed by atoms with van der Waals surface area (Å²) in [5.41, 5.74) is 0.0415. The Balaban J connectivity index is 2.41. The topological polar surface area (TPSA) is 12.0 Å². The van der Waals surface area contributed by atoms with E-state index in [1.54, 1.807) is 0 Å². The SMILES string of the molecule is CCNC(Cc1ccccc1)c1cc(F)ccc1C(F)(F)F. The lowest BCUT2D eigenvalue weighted by Gasteiger charge is -2.23.